The van der Waals surface area contributed by atoms with Crippen molar-refractivity contribution in [1.29, 1.82) is 5.26 Å². The fourth-order valence-electron chi connectivity index (χ4n) is 4.72. The third-order valence-electron chi connectivity index (χ3n) is 6.35. The van der Waals surface area contributed by atoms with Gasteiger partial charge >= 0.3 is 6.03 Å². The van der Waals surface area contributed by atoms with E-state index in [-0.39, 0.29) is 30.8 Å². The number of urea groups is 1. The Morgan fingerprint density at radius 1 is 1.09 bits per heavy atom. The maximum Gasteiger partial charge on any atom is 0.326 e. The molecule has 1 atom stereocenters. The lowest BCUT2D eigenvalue weighted by molar-refractivity contribution is -0.136. The smallest absolute Gasteiger partial charge is 0.322 e. The highest BCUT2D eigenvalue weighted by Gasteiger charge is 2.39. The molecule has 2 aromatic rings. The van der Waals surface area contributed by atoms with Crippen molar-refractivity contribution in [1.82, 2.24) is 10.2 Å². The van der Waals surface area contributed by atoms with Gasteiger partial charge in [-0.25, -0.2) is 4.79 Å². The Labute approximate surface area is 190 Å². The molecule has 9 heteroatoms. The van der Waals surface area contributed by atoms with Crippen molar-refractivity contribution in [3.05, 3.63) is 58.7 Å². The number of carbonyl (C=O) groups excluding carboxylic acids is 4. The first-order chi connectivity index (χ1) is 15.9. The van der Waals surface area contributed by atoms with Crippen molar-refractivity contribution in [3.63, 3.8) is 0 Å². The zero-order chi connectivity index (χ0) is 23.1. The Kier molecular flexibility index (Phi) is 5.05. The summed E-state index contributed by atoms with van der Waals surface area (Å²) < 4.78 is 0. The van der Waals surface area contributed by atoms with E-state index in [4.69, 9.17) is 5.26 Å². The summed E-state index contributed by atoms with van der Waals surface area (Å²) in [5.41, 5.74) is 4.09. The second kappa shape index (κ2) is 8.06. The number of rotatable bonds is 2. The van der Waals surface area contributed by atoms with E-state index >= 15 is 0 Å². The zero-order valence-electron chi connectivity index (χ0n) is 17.8. The van der Waals surface area contributed by atoms with Gasteiger partial charge in [0.15, 0.2) is 0 Å². The van der Waals surface area contributed by atoms with Gasteiger partial charge in [-0.2, -0.15) is 5.26 Å². The van der Waals surface area contributed by atoms with Crippen LogP contribution in [-0.2, 0) is 22.6 Å². The summed E-state index contributed by atoms with van der Waals surface area (Å²) in [7, 11) is 0. The average molecular weight is 443 g/mol. The van der Waals surface area contributed by atoms with Crippen LogP contribution in [0.3, 0.4) is 0 Å². The Morgan fingerprint density at radius 2 is 1.94 bits per heavy atom. The third kappa shape index (κ3) is 3.69. The van der Waals surface area contributed by atoms with Gasteiger partial charge in [0.25, 0.3) is 5.91 Å². The fourth-order valence-corrected chi connectivity index (χ4v) is 4.72. The molecule has 9 nitrogen and oxygen atoms in total. The molecule has 3 aliphatic rings. The first kappa shape index (κ1) is 20.7. The van der Waals surface area contributed by atoms with Gasteiger partial charge < -0.3 is 10.2 Å². The van der Waals surface area contributed by atoms with Crippen LogP contribution in [0, 0.1) is 11.3 Å². The number of anilines is 2. The van der Waals surface area contributed by atoms with Crippen molar-refractivity contribution in [2.75, 3.05) is 16.8 Å². The molecule has 0 radical (unpaired) electrons. The van der Waals surface area contributed by atoms with Gasteiger partial charge in [-0.1, -0.05) is 0 Å². The van der Waals surface area contributed by atoms with Gasteiger partial charge in [-0.15, -0.1) is 0 Å². The van der Waals surface area contributed by atoms with Crippen LogP contribution in [0.4, 0.5) is 16.2 Å². The number of piperidine rings is 1. The van der Waals surface area contributed by atoms with E-state index in [1.807, 2.05) is 6.07 Å². The number of hydrogen-bond acceptors (Lipinski definition) is 5. The molecule has 2 aromatic carbocycles. The molecular formula is C24H21N5O4. The summed E-state index contributed by atoms with van der Waals surface area (Å²) in [6.45, 7) is 0.811. The number of carbonyl (C=O) groups is 4. The normalized spacial score (nSPS) is 19.5. The molecular weight excluding hydrogens is 422 g/mol. The molecule has 33 heavy (non-hydrogen) atoms. The summed E-state index contributed by atoms with van der Waals surface area (Å²) in [5.74, 6) is -1.03. The van der Waals surface area contributed by atoms with Crippen LogP contribution in [0.25, 0.3) is 0 Å². The maximum absolute atomic E-state index is 13.0. The van der Waals surface area contributed by atoms with Gasteiger partial charge in [0, 0.05) is 36.4 Å². The molecule has 3 aliphatic heterocycles. The highest BCUT2D eigenvalue weighted by Crippen LogP contribution is 2.31. The van der Waals surface area contributed by atoms with Crippen molar-refractivity contribution in [3.8, 4) is 6.07 Å². The van der Waals surface area contributed by atoms with E-state index in [0.29, 0.717) is 29.8 Å². The van der Waals surface area contributed by atoms with Crippen LogP contribution in [0.1, 0.15) is 46.3 Å². The molecule has 5 amide bonds. The molecule has 1 unspecified atom stereocenters. The van der Waals surface area contributed by atoms with Crippen molar-refractivity contribution in [2.45, 2.75) is 38.3 Å². The third-order valence-corrected chi connectivity index (χ3v) is 6.35. The number of fused-ring (bicyclic) bond motifs is 2. The Hall–Kier alpha value is -4.19. The molecule has 0 bridgehead atoms. The highest BCUT2D eigenvalue weighted by atomic mass is 16.2. The Morgan fingerprint density at radius 3 is 2.73 bits per heavy atom. The molecule has 5 rings (SSSR count). The Bertz CT molecular complexity index is 1250. The van der Waals surface area contributed by atoms with Crippen LogP contribution in [0.2, 0.25) is 0 Å². The molecule has 166 valence electrons. The predicted octanol–water partition coefficient (Wildman–Crippen LogP) is 2.30. The monoisotopic (exact) mass is 443 g/mol. The van der Waals surface area contributed by atoms with Crippen LogP contribution in [-0.4, -0.2) is 41.2 Å². The molecule has 2 N–H and O–H groups in total. The number of nitriles is 1. The van der Waals surface area contributed by atoms with E-state index in [9.17, 15) is 19.2 Å². The lowest BCUT2D eigenvalue weighted by atomic mass is 10.00. The molecule has 0 saturated carbocycles. The first-order valence-corrected chi connectivity index (χ1v) is 10.8. The standard InChI is InChI=1S/C24H21N5O4/c25-12-14-3-6-19-15(10-14)2-1-9-28(19)24(33)26-17-4-5-18-16(11-17)13-29(23(18)32)20-7-8-21(30)27-22(20)31/h3-6,10-11,20H,1-2,7-9,13H2,(H,26,33)(H,27,30,31). The fraction of sp³-hybridized carbons (Fsp3) is 0.292. The topological polar surface area (TPSA) is 123 Å². The van der Waals surface area contributed by atoms with Gasteiger partial charge in [0.05, 0.1) is 11.6 Å². The highest BCUT2D eigenvalue weighted by molar-refractivity contribution is 6.06. The number of imide groups is 1. The summed E-state index contributed by atoms with van der Waals surface area (Å²) in [6, 6.07) is 11.6. The second-order valence-corrected chi connectivity index (χ2v) is 8.41. The minimum atomic E-state index is -0.677. The van der Waals surface area contributed by atoms with E-state index in [1.165, 1.54) is 4.90 Å². The van der Waals surface area contributed by atoms with Gasteiger partial charge in [-0.05, 0) is 66.8 Å². The summed E-state index contributed by atoms with van der Waals surface area (Å²) in [5, 5.41) is 14.3. The molecule has 3 heterocycles. The lowest BCUT2D eigenvalue weighted by Gasteiger charge is -2.29. The van der Waals surface area contributed by atoms with Crippen molar-refractivity contribution < 1.29 is 19.2 Å². The maximum atomic E-state index is 13.0. The lowest BCUT2D eigenvalue weighted by Crippen LogP contribution is -2.52. The SMILES string of the molecule is N#Cc1ccc2c(c1)CCCN2C(=O)Nc1ccc2c(c1)CN(C1CCC(=O)NC1=O)C2=O. The minimum absolute atomic E-state index is 0.199. The van der Waals surface area contributed by atoms with Crippen LogP contribution >= 0.6 is 0 Å². The van der Waals surface area contributed by atoms with Crippen LogP contribution in [0.15, 0.2) is 36.4 Å². The summed E-state index contributed by atoms with van der Waals surface area (Å²) in [4.78, 5) is 52.6. The summed E-state index contributed by atoms with van der Waals surface area (Å²) in [6.07, 6.45) is 2.11. The zero-order valence-corrected chi connectivity index (χ0v) is 17.8. The van der Waals surface area contributed by atoms with E-state index in [0.717, 1.165) is 29.7 Å². The van der Waals surface area contributed by atoms with E-state index in [1.54, 1.807) is 35.2 Å². The van der Waals surface area contributed by atoms with Crippen LogP contribution < -0.4 is 15.5 Å². The van der Waals surface area contributed by atoms with Gasteiger partial charge in [0.2, 0.25) is 11.8 Å². The summed E-state index contributed by atoms with van der Waals surface area (Å²) >= 11 is 0. The number of amides is 5. The van der Waals surface area contributed by atoms with Crippen molar-refractivity contribution >= 4 is 35.1 Å². The number of benzene rings is 2. The number of aryl methyl sites for hydroxylation is 1. The predicted molar refractivity (Wildman–Crippen MR) is 118 cm³/mol. The van der Waals surface area contributed by atoms with E-state index in [2.05, 4.69) is 16.7 Å². The van der Waals surface area contributed by atoms with E-state index < -0.39 is 11.9 Å². The van der Waals surface area contributed by atoms with Gasteiger partial charge in [-0.3, -0.25) is 24.6 Å². The number of nitrogens with one attached hydrogen (secondary N) is 2. The average Bonchev–Trinajstić information content (AvgIpc) is 3.13. The molecule has 0 aliphatic carbocycles. The molecule has 0 aromatic heterocycles. The second-order valence-electron chi connectivity index (χ2n) is 8.41. The Balaban J connectivity index is 1.32. The first-order valence-electron chi connectivity index (χ1n) is 10.8. The van der Waals surface area contributed by atoms with Crippen molar-refractivity contribution in [2.24, 2.45) is 0 Å². The van der Waals surface area contributed by atoms with Crippen LogP contribution in [0.5, 0.6) is 0 Å². The van der Waals surface area contributed by atoms with Gasteiger partial charge in [0.1, 0.15) is 6.04 Å². The molecule has 0 spiro atoms. The largest absolute Gasteiger partial charge is 0.326 e. The number of nitrogens with zero attached hydrogens (tertiary/aromatic N) is 3. The molecule has 1 fully saturated rings. The minimum Gasteiger partial charge on any atom is -0.322 e. The molecule has 1 saturated heterocycles. The number of hydrogen-bond donors (Lipinski definition) is 2. The quantitative estimate of drug-likeness (QED) is 0.690.